The molecule has 3 aromatic rings. The number of halogens is 2. The highest BCUT2D eigenvalue weighted by atomic mass is 35.5. The highest BCUT2D eigenvalue weighted by Crippen LogP contribution is 2.25. The predicted octanol–water partition coefficient (Wildman–Crippen LogP) is 4.53. The van der Waals surface area contributed by atoms with Crippen LogP contribution in [0.1, 0.15) is 25.3 Å². The predicted molar refractivity (Wildman–Crippen MR) is 135 cm³/mol. The van der Waals surface area contributed by atoms with Crippen LogP contribution in [0, 0.1) is 5.92 Å². The van der Waals surface area contributed by atoms with Crippen molar-refractivity contribution in [2.24, 2.45) is 5.92 Å². The zero-order chi connectivity index (χ0) is 23.9. The molecule has 0 aliphatic carbocycles. The highest BCUT2D eigenvalue weighted by Gasteiger charge is 2.30. The molecular formula is C24H28Cl2N6O2. The van der Waals surface area contributed by atoms with Crippen LogP contribution in [0.15, 0.2) is 48.8 Å². The molecular weight excluding hydrogens is 475 g/mol. The Labute approximate surface area is 209 Å². The Morgan fingerprint density at radius 1 is 1.18 bits per heavy atom. The van der Waals surface area contributed by atoms with Gasteiger partial charge in [0.1, 0.15) is 17.7 Å². The van der Waals surface area contributed by atoms with Gasteiger partial charge in [-0.2, -0.15) is 9.97 Å². The number of nitrogens with one attached hydrogen (secondary N) is 3. The first kappa shape index (κ1) is 24.3. The van der Waals surface area contributed by atoms with E-state index in [-0.39, 0.29) is 11.8 Å². The van der Waals surface area contributed by atoms with Gasteiger partial charge in [0.2, 0.25) is 11.9 Å². The van der Waals surface area contributed by atoms with Gasteiger partial charge < -0.3 is 25.3 Å². The van der Waals surface area contributed by atoms with Crippen molar-refractivity contribution in [3.8, 4) is 5.82 Å². The van der Waals surface area contributed by atoms with E-state index in [1.54, 1.807) is 12.1 Å². The standard InChI is InChI=1S/C24H28Cl2N6O2/c1-2-27-24-30-20(14-21(31-24)32-9-3-4-10-32)29-22(16-7-11-34-12-8-16)23(33)28-15-17-5-6-18(25)13-19(17)26/h3-6,9-10,13-14,16,22H,2,7-8,11-12,15H2,1H3,(H,28,33)(H2,27,29,30,31). The number of hydrogen-bond acceptors (Lipinski definition) is 6. The minimum absolute atomic E-state index is 0.0991. The Kier molecular flexibility index (Phi) is 8.26. The Bertz CT molecular complexity index is 1100. The second-order valence-electron chi connectivity index (χ2n) is 8.08. The molecule has 0 radical (unpaired) electrons. The topological polar surface area (TPSA) is 93.1 Å². The lowest BCUT2D eigenvalue weighted by Gasteiger charge is -2.30. The van der Waals surface area contributed by atoms with Crippen molar-refractivity contribution in [1.29, 1.82) is 0 Å². The van der Waals surface area contributed by atoms with Crippen molar-refractivity contribution in [2.75, 3.05) is 30.4 Å². The number of anilines is 2. The van der Waals surface area contributed by atoms with Crippen LogP contribution in [0.5, 0.6) is 0 Å². The largest absolute Gasteiger partial charge is 0.381 e. The van der Waals surface area contributed by atoms with Gasteiger partial charge in [-0.3, -0.25) is 4.79 Å². The molecule has 0 bridgehead atoms. The number of aromatic nitrogens is 3. The lowest BCUT2D eigenvalue weighted by Crippen LogP contribution is -2.46. The van der Waals surface area contributed by atoms with Gasteiger partial charge in [0.15, 0.2) is 0 Å². The van der Waals surface area contributed by atoms with E-state index in [9.17, 15) is 4.79 Å². The van der Waals surface area contributed by atoms with Crippen molar-refractivity contribution >= 4 is 40.9 Å². The number of ether oxygens (including phenoxy) is 1. The van der Waals surface area contributed by atoms with E-state index >= 15 is 0 Å². The maximum atomic E-state index is 13.4. The van der Waals surface area contributed by atoms with Gasteiger partial charge in [-0.1, -0.05) is 29.3 Å². The summed E-state index contributed by atoms with van der Waals surface area (Å²) in [5.41, 5.74) is 0.802. The summed E-state index contributed by atoms with van der Waals surface area (Å²) in [5.74, 6) is 1.75. The summed E-state index contributed by atoms with van der Waals surface area (Å²) < 4.78 is 7.43. The molecule has 1 atom stereocenters. The molecule has 1 amide bonds. The SMILES string of the molecule is CCNc1nc(NC(C(=O)NCc2ccc(Cl)cc2Cl)C2CCOCC2)cc(-n2cccc2)n1. The van der Waals surface area contributed by atoms with Crippen LogP contribution in [0.4, 0.5) is 11.8 Å². The first-order valence-corrected chi connectivity index (χ1v) is 12.1. The number of nitrogens with zero attached hydrogens (tertiary/aromatic N) is 3. The van der Waals surface area contributed by atoms with E-state index in [2.05, 4.69) is 25.9 Å². The van der Waals surface area contributed by atoms with E-state index in [1.165, 1.54) is 0 Å². The molecule has 1 aliphatic rings. The van der Waals surface area contributed by atoms with E-state index in [0.717, 1.165) is 18.4 Å². The van der Waals surface area contributed by atoms with Gasteiger partial charge in [-0.05, 0) is 55.5 Å². The second-order valence-corrected chi connectivity index (χ2v) is 8.92. The average molecular weight is 503 g/mol. The first-order chi connectivity index (χ1) is 16.5. The minimum Gasteiger partial charge on any atom is -0.381 e. The molecule has 0 spiro atoms. The Balaban J connectivity index is 1.56. The Morgan fingerprint density at radius 2 is 1.94 bits per heavy atom. The van der Waals surface area contributed by atoms with Gasteiger partial charge in [0.25, 0.3) is 0 Å². The lowest BCUT2D eigenvalue weighted by atomic mass is 9.91. The van der Waals surface area contributed by atoms with Gasteiger partial charge >= 0.3 is 0 Å². The summed E-state index contributed by atoms with van der Waals surface area (Å²) in [4.78, 5) is 22.6. The summed E-state index contributed by atoms with van der Waals surface area (Å²) in [6.07, 6.45) is 5.39. The molecule has 2 aromatic heterocycles. The molecule has 3 N–H and O–H groups in total. The molecule has 1 unspecified atom stereocenters. The molecule has 4 rings (SSSR count). The quantitative estimate of drug-likeness (QED) is 0.398. The maximum absolute atomic E-state index is 13.4. The van der Waals surface area contributed by atoms with Crippen LogP contribution >= 0.6 is 23.2 Å². The third-order valence-corrected chi connectivity index (χ3v) is 6.29. The van der Waals surface area contributed by atoms with Gasteiger partial charge in [-0.25, -0.2) is 0 Å². The lowest BCUT2D eigenvalue weighted by molar-refractivity contribution is -0.123. The summed E-state index contributed by atoms with van der Waals surface area (Å²) in [5, 5.41) is 10.7. The monoisotopic (exact) mass is 502 g/mol. The zero-order valence-corrected chi connectivity index (χ0v) is 20.4. The van der Waals surface area contributed by atoms with Gasteiger partial charge in [0.05, 0.1) is 0 Å². The van der Waals surface area contributed by atoms with Crippen molar-refractivity contribution in [3.63, 3.8) is 0 Å². The Morgan fingerprint density at radius 3 is 2.65 bits per heavy atom. The molecule has 1 saturated heterocycles. The van der Waals surface area contributed by atoms with Crippen LogP contribution in [-0.2, 0) is 16.1 Å². The summed E-state index contributed by atoms with van der Waals surface area (Å²) in [6, 6.07) is 10.5. The van der Waals surface area contributed by atoms with Crippen LogP contribution in [0.3, 0.4) is 0 Å². The van der Waals surface area contributed by atoms with Crippen LogP contribution in [0.2, 0.25) is 10.0 Å². The van der Waals surface area contributed by atoms with Crippen LogP contribution in [-0.4, -0.2) is 46.2 Å². The number of carbonyl (C=O) groups is 1. The maximum Gasteiger partial charge on any atom is 0.243 e. The van der Waals surface area contributed by atoms with Crippen molar-refractivity contribution in [3.05, 3.63) is 64.4 Å². The summed E-state index contributed by atoms with van der Waals surface area (Å²) >= 11 is 12.3. The summed E-state index contributed by atoms with van der Waals surface area (Å²) in [6.45, 7) is 4.22. The van der Waals surface area contributed by atoms with Crippen molar-refractivity contribution in [1.82, 2.24) is 19.9 Å². The molecule has 1 aliphatic heterocycles. The van der Waals surface area contributed by atoms with Crippen molar-refractivity contribution < 1.29 is 9.53 Å². The molecule has 3 heterocycles. The third-order valence-electron chi connectivity index (χ3n) is 5.71. The van der Waals surface area contributed by atoms with E-state index in [0.29, 0.717) is 53.9 Å². The average Bonchev–Trinajstić information content (AvgIpc) is 3.38. The van der Waals surface area contributed by atoms with E-state index < -0.39 is 6.04 Å². The molecule has 10 heteroatoms. The zero-order valence-electron chi connectivity index (χ0n) is 18.9. The molecule has 8 nitrogen and oxygen atoms in total. The second kappa shape index (κ2) is 11.6. The van der Waals surface area contributed by atoms with Crippen LogP contribution in [0.25, 0.3) is 5.82 Å². The van der Waals surface area contributed by atoms with Crippen LogP contribution < -0.4 is 16.0 Å². The first-order valence-electron chi connectivity index (χ1n) is 11.4. The highest BCUT2D eigenvalue weighted by molar-refractivity contribution is 6.35. The number of benzene rings is 1. The molecule has 1 fully saturated rings. The fraction of sp³-hybridized carbons (Fsp3) is 0.375. The van der Waals surface area contributed by atoms with E-state index in [4.69, 9.17) is 27.9 Å². The smallest absolute Gasteiger partial charge is 0.243 e. The minimum atomic E-state index is -0.489. The van der Waals surface area contributed by atoms with Crippen molar-refractivity contribution in [2.45, 2.75) is 32.4 Å². The Hall–Kier alpha value is -2.81. The molecule has 0 saturated carbocycles. The number of carbonyl (C=O) groups excluding carboxylic acids is 1. The molecule has 1 aromatic carbocycles. The molecule has 34 heavy (non-hydrogen) atoms. The molecule has 180 valence electrons. The fourth-order valence-electron chi connectivity index (χ4n) is 3.93. The van der Waals surface area contributed by atoms with Gasteiger partial charge in [-0.15, -0.1) is 0 Å². The third kappa shape index (κ3) is 6.20. The fourth-order valence-corrected chi connectivity index (χ4v) is 4.40. The number of rotatable bonds is 9. The number of hydrogen-bond donors (Lipinski definition) is 3. The van der Waals surface area contributed by atoms with Gasteiger partial charge in [0, 0.05) is 54.8 Å². The summed E-state index contributed by atoms with van der Waals surface area (Å²) in [7, 11) is 0. The van der Waals surface area contributed by atoms with E-state index in [1.807, 2.05) is 48.1 Å². The normalized spacial score (nSPS) is 15.0. The number of amides is 1.